The lowest BCUT2D eigenvalue weighted by Gasteiger charge is -2.32. The second-order valence-electron chi connectivity index (χ2n) is 7.29. The second-order valence-corrected chi connectivity index (χ2v) is 8.21. The predicted octanol–water partition coefficient (Wildman–Crippen LogP) is 3.77. The van der Waals surface area contributed by atoms with E-state index < -0.39 is 0 Å². The number of carbonyl (C=O) groups excluding carboxylic acids is 1. The van der Waals surface area contributed by atoms with Crippen LogP contribution < -0.4 is 10.6 Å². The molecule has 0 unspecified atom stereocenters. The second kappa shape index (κ2) is 7.35. The van der Waals surface area contributed by atoms with Gasteiger partial charge in [0.2, 0.25) is 5.91 Å². The maximum Gasteiger partial charge on any atom is 0.223 e. The molecule has 3 nitrogen and oxygen atoms in total. The Hall–Kier alpha value is -0.870. The van der Waals surface area contributed by atoms with Crippen LogP contribution in [0.3, 0.4) is 0 Å². The van der Waals surface area contributed by atoms with Crippen molar-refractivity contribution in [3.8, 4) is 0 Å². The Kier molecular flexibility index (Phi) is 5.42. The molecule has 1 saturated heterocycles. The predicted molar refractivity (Wildman–Crippen MR) is 97.5 cm³/mol. The summed E-state index contributed by atoms with van der Waals surface area (Å²) in [5.41, 5.74) is 1.49. The molecule has 1 aromatic carbocycles. The summed E-state index contributed by atoms with van der Waals surface area (Å²) >= 11 is 3.59. The van der Waals surface area contributed by atoms with Crippen molar-refractivity contribution >= 4 is 21.8 Å². The van der Waals surface area contributed by atoms with E-state index in [1.807, 2.05) is 0 Å². The number of nitrogens with one attached hydrogen (secondary N) is 2. The van der Waals surface area contributed by atoms with Gasteiger partial charge in [-0.25, -0.2) is 0 Å². The summed E-state index contributed by atoms with van der Waals surface area (Å²) < 4.78 is 1.12. The maximum atomic E-state index is 12.6. The van der Waals surface area contributed by atoms with E-state index in [4.69, 9.17) is 0 Å². The highest BCUT2D eigenvalue weighted by atomic mass is 79.9. The first-order valence-corrected chi connectivity index (χ1v) is 9.65. The minimum Gasteiger partial charge on any atom is -0.355 e. The van der Waals surface area contributed by atoms with E-state index in [-0.39, 0.29) is 17.2 Å². The van der Waals surface area contributed by atoms with E-state index in [1.54, 1.807) is 0 Å². The highest BCUT2D eigenvalue weighted by Gasteiger charge is 2.36. The summed E-state index contributed by atoms with van der Waals surface area (Å²) in [6, 6.07) is 9.07. The lowest BCUT2D eigenvalue weighted by atomic mass is 9.78. The summed E-state index contributed by atoms with van der Waals surface area (Å²) in [6.07, 6.45) is 6.77. The van der Waals surface area contributed by atoms with Crippen molar-refractivity contribution in [1.29, 1.82) is 0 Å². The van der Waals surface area contributed by atoms with Crippen LogP contribution in [0.25, 0.3) is 0 Å². The van der Waals surface area contributed by atoms with Crippen molar-refractivity contribution < 1.29 is 4.79 Å². The van der Waals surface area contributed by atoms with Crippen molar-refractivity contribution in [2.24, 2.45) is 5.92 Å². The monoisotopic (exact) mass is 378 g/mol. The van der Waals surface area contributed by atoms with Crippen molar-refractivity contribution in [1.82, 2.24) is 10.6 Å². The molecule has 3 rings (SSSR count). The topological polar surface area (TPSA) is 41.1 Å². The SMILES string of the molecule is C[C@H]1C[C@@H](C(=O)NCC2(c3cccc(Br)c3)CCCC2)CCN1. The third-order valence-electron chi connectivity index (χ3n) is 5.59. The minimum atomic E-state index is 0.123. The Bertz CT molecular complexity index is 554. The molecule has 1 heterocycles. The molecular weight excluding hydrogens is 352 g/mol. The summed E-state index contributed by atoms with van der Waals surface area (Å²) in [7, 11) is 0. The van der Waals surface area contributed by atoms with Crippen LogP contribution in [0.1, 0.15) is 51.0 Å². The number of hydrogen-bond donors (Lipinski definition) is 2. The minimum absolute atomic E-state index is 0.123. The van der Waals surface area contributed by atoms with Gasteiger partial charge < -0.3 is 10.6 Å². The van der Waals surface area contributed by atoms with Crippen molar-refractivity contribution in [2.75, 3.05) is 13.1 Å². The van der Waals surface area contributed by atoms with Crippen LogP contribution in [0, 0.1) is 5.92 Å². The van der Waals surface area contributed by atoms with Gasteiger partial charge in [-0.1, -0.05) is 40.9 Å². The van der Waals surface area contributed by atoms with Crippen LogP contribution in [-0.2, 0) is 10.2 Å². The highest BCUT2D eigenvalue weighted by Crippen LogP contribution is 2.41. The van der Waals surface area contributed by atoms with Gasteiger partial charge in [-0.3, -0.25) is 4.79 Å². The number of amides is 1. The fourth-order valence-electron chi connectivity index (χ4n) is 4.21. The fraction of sp³-hybridized carbons (Fsp3) is 0.632. The van der Waals surface area contributed by atoms with E-state index in [9.17, 15) is 4.79 Å². The molecule has 23 heavy (non-hydrogen) atoms. The van der Waals surface area contributed by atoms with Crippen LogP contribution in [0.4, 0.5) is 0 Å². The first-order chi connectivity index (χ1) is 11.1. The molecule has 0 bridgehead atoms. The molecule has 1 aromatic rings. The Morgan fingerprint density at radius 2 is 2.17 bits per heavy atom. The summed E-state index contributed by atoms with van der Waals surface area (Å²) in [5, 5.41) is 6.71. The van der Waals surface area contributed by atoms with E-state index in [0.29, 0.717) is 6.04 Å². The molecule has 2 atom stereocenters. The molecule has 1 amide bonds. The Morgan fingerprint density at radius 1 is 1.39 bits per heavy atom. The van der Waals surface area contributed by atoms with Crippen molar-refractivity contribution in [3.63, 3.8) is 0 Å². The summed E-state index contributed by atoms with van der Waals surface area (Å²) in [6.45, 7) is 3.90. The molecular formula is C19H27BrN2O. The molecule has 0 spiro atoms. The van der Waals surface area contributed by atoms with Gasteiger partial charge in [0.15, 0.2) is 0 Å². The van der Waals surface area contributed by atoms with Gasteiger partial charge in [0.25, 0.3) is 0 Å². The molecule has 1 aliphatic carbocycles. The molecule has 0 aromatic heterocycles. The Morgan fingerprint density at radius 3 is 2.87 bits per heavy atom. The number of benzene rings is 1. The Labute approximate surface area is 147 Å². The number of rotatable bonds is 4. The number of piperidine rings is 1. The van der Waals surface area contributed by atoms with Gasteiger partial charge in [-0.2, -0.15) is 0 Å². The zero-order chi connectivity index (χ0) is 16.3. The van der Waals surface area contributed by atoms with E-state index in [0.717, 1.165) is 30.4 Å². The highest BCUT2D eigenvalue weighted by molar-refractivity contribution is 9.10. The van der Waals surface area contributed by atoms with E-state index >= 15 is 0 Å². The zero-order valence-electron chi connectivity index (χ0n) is 13.9. The quantitative estimate of drug-likeness (QED) is 0.836. The standard InChI is InChI=1S/C19H27BrN2O/c1-14-11-15(7-10-21-14)18(23)22-13-19(8-2-3-9-19)16-5-4-6-17(20)12-16/h4-6,12,14-15,21H,2-3,7-11,13H2,1H3,(H,22,23)/t14-,15-/m0/s1. The number of carbonyl (C=O) groups is 1. The molecule has 1 aliphatic heterocycles. The lowest BCUT2D eigenvalue weighted by Crippen LogP contribution is -2.45. The molecule has 126 valence electrons. The average Bonchev–Trinajstić information content (AvgIpc) is 3.03. The van der Waals surface area contributed by atoms with Crippen molar-refractivity contribution in [2.45, 2.75) is 56.9 Å². The third-order valence-corrected chi connectivity index (χ3v) is 6.09. The average molecular weight is 379 g/mol. The van der Waals surface area contributed by atoms with E-state index in [1.165, 1.54) is 31.2 Å². The molecule has 4 heteroatoms. The largest absolute Gasteiger partial charge is 0.355 e. The number of hydrogen-bond acceptors (Lipinski definition) is 2. The first kappa shape index (κ1) is 17.0. The Balaban J connectivity index is 1.67. The third kappa shape index (κ3) is 3.97. The summed E-state index contributed by atoms with van der Waals surface area (Å²) in [4.78, 5) is 12.6. The molecule has 2 fully saturated rings. The van der Waals surface area contributed by atoms with Gasteiger partial charge in [0.05, 0.1) is 0 Å². The zero-order valence-corrected chi connectivity index (χ0v) is 15.5. The van der Waals surface area contributed by atoms with Crippen LogP contribution in [-0.4, -0.2) is 25.0 Å². The van der Waals surface area contributed by atoms with Crippen LogP contribution in [0.5, 0.6) is 0 Å². The molecule has 2 N–H and O–H groups in total. The summed E-state index contributed by atoms with van der Waals surface area (Å²) in [5.74, 6) is 0.423. The van der Waals surface area contributed by atoms with Crippen molar-refractivity contribution in [3.05, 3.63) is 34.3 Å². The normalized spacial score (nSPS) is 26.9. The maximum absolute atomic E-state index is 12.6. The smallest absolute Gasteiger partial charge is 0.223 e. The van der Waals surface area contributed by atoms with Crippen LogP contribution in [0.2, 0.25) is 0 Å². The number of halogens is 1. The molecule has 2 aliphatic rings. The first-order valence-electron chi connectivity index (χ1n) is 8.86. The van der Waals surface area contributed by atoms with Gasteiger partial charge in [-0.05, 0) is 56.8 Å². The molecule has 1 saturated carbocycles. The van der Waals surface area contributed by atoms with Gasteiger partial charge in [0.1, 0.15) is 0 Å². The lowest BCUT2D eigenvalue weighted by molar-refractivity contribution is -0.126. The van der Waals surface area contributed by atoms with Crippen LogP contribution >= 0.6 is 15.9 Å². The van der Waals surface area contributed by atoms with Gasteiger partial charge in [-0.15, -0.1) is 0 Å². The molecule has 0 radical (unpaired) electrons. The van der Waals surface area contributed by atoms with E-state index in [2.05, 4.69) is 57.8 Å². The fourth-order valence-corrected chi connectivity index (χ4v) is 4.61. The van der Waals surface area contributed by atoms with Gasteiger partial charge in [0, 0.05) is 28.4 Å². The van der Waals surface area contributed by atoms with Gasteiger partial charge >= 0.3 is 0 Å². The van der Waals surface area contributed by atoms with Crippen LogP contribution in [0.15, 0.2) is 28.7 Å².